The highest BCUT2D eigenvalue weighted by atomic mass is 16.2. The topological polar surface area (TPSA) is 85.0 Å². The first-order chi connectivity index (χ1) is 11.3. The second-order valence-corrected chi connectivity index (χ2v) is 5.87. The molecule has 2 heterocycles. The van der Waals surface area contributed by atoms with Crippen LogP contribution in [-0.2, 0) is 17.9 Å². The summed E-state index contributed by atoms with van der Waals surface area (Å²) in [6.45, 7) is 6.81. The highest BCUT2D eigenvalue weighted by molar-refractivity contribution is 6.02. The number of rotatable bonds is 6. The molecule has 0 aliphatic rings. The van der Waals surface area contributed by atoms with Crippen LogP contribution in [0.3, 0.4) is 0 Å². The molecule has 0 spiro atoms. The minimum absolute atomic E-state index is 0.175. The van der Waals surface area contributed by atoms with Crippen LogP contribution in [0, 0.1) is 13.8 Å². The zero-order valence-electron chi connectivity index (χ0n) is 14.8. The Kier molecular flexibility index (Phi) is 5.38. The fraction of sp³-hybridized carbons (Fsp3) is 0.500. The predicted octanol–water partition coefficient (Wildman–Crippen LogP) is 1.45. The van der Waals surface area contributed by atoms with Gasteiger partial charge in [0.25, 0.3) is 5.91 Å². The van der Waals surface area contributed by atoms with Gasteiger partial charge in [0.05, 0.1) is 17.6 Å². The lowest BCUT2D eigenvalue weighted by Crippen LogP contribution is -2.26. The van der Waals surface area contributed by atoms with Crippen molar-refractivity contribution in [1.82, 2.24) is 24.5 Å². The van der Waals surface area contributed by atoms with Crippen molar-refractivity contribution < 1.29 is 9.59 Å². The second kappa shape index (κ2) is 7.29. The summed E-state index contributed by atoms with van der Waals surface area (Å²) in [4.78, 5) is 26.0. The van der Waals surface area contributed by atoms with Gasteiger partial charge in [-0.1, -0.05) is 0 Å². The quantitative estimate of drug-likeness (QED) is 0.867. The molecule has 0 fully saturated rings. The van der Waals surface area contributed by atoms with Crippen molar-refractivity contribution in [2.75, 3.05) is 19.4 Å². The van der Waals surface area contributed by atoms with Crippen LogP contribution in [0.2, 0.25) is 0 Å². The normalized spacial score (nSPS) is 10.7. The van der Waals surface area contributed by atoms with E-state index in [1.54, 1.807) is 23.5 Å². The van der Waals surface area contributed by atoms with Crippen molar-refractivity contribution in [2.45, 2.75) is 40.3 Å². The molecule has 130 valence electrons. The van der Waals surface area contributed by atoms with Gasteiger partial charge in [-0.3, -0.25) is 19.0 Å². The van der Waals surface area contributed by atoms with Crippen molar-refractivity contribution in [3.05, 3.63) is 29.3 Å². The third kappa shape index (κ3) is 3.81. The zero-order chi connectivity index (χ0) is 17.9. The smallest absolute Gasteiger partial charge is 0.273 e. The number of nitrogens with one attached hydrogen (secondary N) is 1. The molecule has 0 saturated heterocycles. The first-order valence-electron chi connectivity index (χ1n) is 7.91. The van der Waals surface area contributed by atoms with Crippen molar-refractivity contribution in [1.29, 1.82) is 0 Å². The lowest BCUT2D eigenvalue weighted by molar-refractivity contribution is -0.116. The number of hydrogen-bond acceptors (Lipinski definition) is 4. The summed E-state index contributed by atoms with van der Waals surface area (Å²) in [6, 6.07) is 1.97. The molecular formula is C16H24N6O2. The predicted molar refractivity (Wildman–Crippen MR) is 90.9 cm³/mol. The Bertz CT molecular complexity index is 744. The molecule has 0 unspecified atom stereocenters. The zero-order valence-corrected chi connectivity index (χ0v) is 14.8. The second-order valence-electron chi connectivity index (χ2n) is 5.87. The van der Waals surface area contributed by atoms with Crippen LogP contribution in [-0.4, -0.2) is 50.4 Å². The molecule has 0 atom stereocenters. The third-order valence-electron chi connectivity index (χ3n) is 3.68. The number of nitrogens with zero attached hydrogens (tertiary/aromatic N) is 5. The number of amides is 2. The summed E-state index contributed by atoms with van der Waals surface area (Å²) in [5, 5.41) is 11.3. The monoisotopic (exact) mass is 332 g/mol. The van der Waals surface area contributed by atoms with Crippen molar-refractivity contribution in [3.8, 4) is 0 Å². The van der Waals surface area contributed by atoms with E-state index in [0.717, 1.165) is 11.4 Å². The van der Waals surface area contributed by atoms with Gasteiger partial charge in [-0.15, -0.1) is 0 Å². The highest BCUT2D eigenvalue weighted by Crippen LogP contribution is 2.17. The summed E-state index contributed by atoms with van der Waals surface area (Å²) in [5.74, 6) is -0.366. The minimum atomic E-state index is -0.191. The van der Waals surface area contributed by atoms with E-state index >= 15 is 0 Å². The molecule has 0 radical (unpaired) electrons. The molecule has 0 aliphatic carbocycles. The maximum absolute atomic E-state index is 12.3. The van der Waals surface area contributed by atoms with E-state index in [2.05, 4.69) is 15.5 Å². The molecule has 0 bridgehead atoms. The number of aryl methyl sites for hydroxylation is 4. The Morgan fingerprint density at radius 2 is 1.96 bits per heavy atom. The van der Waals surface area contributed by atoms with Crippen molar-refractivity contribution in [3.63, 3.8) is 0 Å². The summed E-state index contributed by atoms with van der Waals surface area (Å²) in [6.07, 6.45) is 1.79. The van der Waals surface area contributed by atoms with Crippen molar-refractivity contribution >= 4 is 17.5 Å². The van der Waals surface area contributed by atoms with Crippen LogP contribution >= 0.6 is 0 Å². The highest BCUT2D eigenvalue weighted by Gasteiger charge is 2.21. The van der Waals surface area contributed by atoms with Gasteiger partial charge in [0.15, 0.2) is 0 Å². The molecule has 24 heavy (non-hydrogen) atoms. The van der Waals surface area contributed by atoms with Gasteiger partial charge in [0.2, 0.25) is 5.91 Å². The largest absolute Gasteiger partial charge is 0.343 e. The van der Waals surface area contributed by atoms with Gasteiger partial charge in [-0.05, 0) is 26.8 Å². The van der Waals surface area contributed by atoms with Crippen LogP contribution in [0.1, 0.15) is 35.2 Å². The molecule has 2 aromatic heterocycles. The van der Waals surface area contributed by atoms with Gasteiger partial charge in [0.1, 0.15) is 5.69 Å². The standard InChI is InChI=1S/C16H24N6O2/c1-6-21-15(16(24)20(4)5)13(10-17-21)18-14(23)7-8-22-12(3)9-11(2)19-22/h9-10H,6-8H2,1-5H3,(H,18,23). The van der Waals surface area contributed by atoms with Gasteiger partial charge >= 0.3 is 0 Å². The lowest BCUT2D eigenvalue weighted by atomic mass is 10.3. The number of carbonyl (C=O) groups excluding carboxylic acids is 2. The van der Waals surface area contributed by atoms with Crippen LogP contribution < -0.4 is 5.32 Å². The Morgan fingerprint density at radius 3 is 2.50 bits per heavy atom. The Morgan fingerprint density at radius 1 is 1.25 bits per heavy atom. The average molecular weight is 332 g/mol. The molecule has 0 aliphatic heterocycles. The van der Waals surface area contributed by atoms with E-state index in [4.69, 9.17) is 0 Å². The lowest BCUT2D eigenvalue weighted by Gasteiger charge is -2.13. The van der Waals surface area contributed by atoms with E-state index in [0.29, 0.717) is 24.5 Å². The molecule has 0 saturated carbocycles. The van der Waals surface area contributed by atoms with E-state index in [-0.39, 0.29) is 18.2 Å². The maximum Gasteiger partial charge on any atom is 0.273 e. The van der Waals surface area contributed by atoms with Crippen LogP contribution in [0.15, 0.2) is 12.3 Å². The first-order valence-corrected chi connectivity index (χ1v) is 7.91. The Balaban J connectivity index is 2.07. The van der Waals surface area contributed by atoms with E-state index in [9.17, 15) is 9.59 Å². The van der Waals surface area contributed by atoms with E-state index < -0.39 is 0 Å². The molecule has 2 aromatic rings. The van der Waals surface area contributed by atoms with E-state index in [1.165, 1.54) is 11.1 Å². The molecule has 8 heteroatoms. The average Bonchev–Trinajstić information content (AvgIpc) is 3.06. The van der Waals surface area contributed by atoms with Gasteiger partial charge in [-0.2, -0.15) is 10.2 Å². The minimum Gasteiger partial charge on any atom is -0.343 e. The maximum atomic E-state index is 12.3. The molecular weight excluding hydrogens is 308 g/mol. The Labute approximate surface area is 141 Å². The van der Waals surface area contributed by atoms with Gasteiger partial charge in [-0.25, -0.2) is 0 Å². The van der Waals surface area contributed by atoms with Crippen LogP contribution in [0.25, 0.3) is 0 Å². The fourth-order valence-electron chi connectivity index (χ4n) is 2.48. The van der Waals surface area contributed by atoms with Crippen molar-refractivity contribution in [2.24, 2.45) is 0 Å². The molecule has 0 aromatic carbocycles. The van der Waals surface area contributed by atoms with Crippen LogP contribution in [0.5, 0.6) is 0 Å². The summed E-state index contributed by atoms with van der Waals surface area (Å²) in [7, 11) is 3.34. The SMILES string of the molecule is CCn1ncc(NC(=O)CCn2nc(C)cc2C)c1C(=O)N(C)C. The number of anilines is 1. The number of carbonyl (C=O) groups is 2. The summed E-state index contributed by atoms with van der Waals surface area (Å²) < 4.78 is 3.38. The van der Waals surface area contributed by atoms with Gasteiger partial charge < -0.3 is 10.2 Å². The molecule has 8 nitrogen and oxygen atoms in total. The Hall–Kier alpha value is -2.64. The van der Waals surface area contributed by atoms with Gasteiger partial charge in [0, 0.05) is 39.3 Å². The van der Waals surface area contributed by atoms with E-state index in [1.807, 2.05) is 26.8 Å². The summed E-state index contributed by atoms with van der Waals surface area (Å²) in [5.41, 5.74) is 2.77. The summed E-state index contributed by atoms with van der Waals surface area (Å²) >= 11 is 0. The first kappa shape index (κ1) is 17.7. The fourth-order valence-corrected chi connectivity index (χ4v) is 2.48. The van der Waals surface area contributed by atoms with Crippen LogP contribution in [0.4, 0.5) is 5.69 Å². The third-order valence-corrected chi connectivity index (χ3v) is 3.68. The number of hydrogen-bond donors (Lipinski definition) is 1. The number of aromatic nitrogens is 4. The molecule has 2 rings (SSSR count). The molecule has 1 N–H and O–H groups in total. The molecule has 2 amide bonds.